The molecule has 6 N–H and O–H groups in total. The van der Waals surface area contributed by atoms with Crippen molar-refractivity contribution in [3.05, 3.63) is 47.3 Å². The van der Waals surface area contributed by atoms with Gasteiger partial charge in [0, 0.05) is 30.5 Å². The van der Waals surface area contributed by atoms with E-state index in [0.29, 0.717) is 49.7 Å². The summed E-state index contributed by atoms with van der Waals surface area (Å²) in [5.41, 5.74) is -0.735. The zero-order valence-corrected chi connectivity index (χ0v) is 29.7. The Morgan fingerprint density at radius 2 is 1.78 bits per heavy atom. The molecule has 0 spiro atoms. The van der Waals surface area contributed by atoms with Crippen LogP contribution < -0.4 is 19.8 Å². The van der Waals surface area contributed by atoms with Crippen molar-refractivity contribution in [1.82, 2.24) is 29.6 Å². The molecule has 5 atom stereocenters. The third-order valence-electron chi connectivity index (χ3n) is 10.3. The van der Waals surface area contributed by atoms with E-state index in [1.807, 2.05) is 6.08 Å². The van der Waals surface area contributed by atoms with E-state index in [9.17, 15) is 46.3 Å². The highest BCUT2D eigenvalue weighted by molar-refractivity contribution is 7.87. The number of halogens is 1. The van der Waals surface area contributed by atoms with Gasteiger partial charge in [-0.3, -0.25) is 24.4 Å². The van der Waals surface area contributed by atoms with Crippen molar-refractivity contribution in [2.75, 3.05) is 6.54 Å². The Bertz CT molecular complexity index is 1740. The Morgan fingerprint density at radius 1 is 1.04 bits per heavy atom. The standard InChI is InChI=1S/C32H44FN6O10PS/c33-25-13-8-9-20-17-38(19-24(20)25)31(43)49-23-15-27-28(40)34-32(30(42)35-50(44,45)46)16-21(32)10-4-2-1-3-5-14-26(29(41)39(27)18-23)37-51(47,48)36-22-11-6-7-12-22/h4,8-10,13,21-23,26-27,36-37H,1-3,5-7,11-12,14-19H2,(H,34,40)(H3,35,42,44,45,46)/b10-4-/t21?,23-,26+,27+,32?/m1/s1. The summed E-state index contributed by atoms with van der Waals surface area (Å²) in [7, 11) is -9.18. The van der Waals surface area contributed by atoms with Gasteiger partial charge >= 0.3 is 13.8 Å². The summed E-state index contributed by atoms with van der Waals surface area (Å²) >= 11 is 0. The van der Waals surface area contributed by atoms with Crippen LogP contribution in [0.4, 0.5) is 9.18 Å². The number of carbonyl (C=O) groups excluding carboxylic acids is 4. The van der Waals surface area contributed by atoms with Crippen molar-refractivity contribution >= 4 is 41.8 Å². The van der Waals surface area contributed by atoms with E-state index in [1.54, 1.807) is 17.2 Å². The Hall–Kier alpha value is -3.41. The summed E-state index contributed by atoms with van der Waals surface area (Å²) in [6, 6.07) is 1.65. The largest absolute Gasteiger partial charge is 0.444 e. The van der Waals surface area contributed by atoms with Crippen LogP contribution in [0.5, 0.6) is 0 Å². The number of hydrogen-bond donors (Lipinski definition) is 6. The molecule has 1 saturated heterocycles. The molecule has 2 saturated carbocycles. The monoisotopic (exact) mass is 754 g/mol. The molecular weight excluding hydrogens is 710 g/mol. The molecule has 3 fully saturated rings. The van der Waals surface area contributed by atoms with E-state index in [4.69, 9.17) is 4.74 Å². The SMILES string of the molecule is O=C1NC2(C(=O)NP(=O)(O)O)CC2/C=C\CCCCC[C@H](NS(=O)(=O)NC2CCCC2)C(=O)N2C[C@H](OC(=O)N3Cc4cccc(F)c4C3)C[C@@H]12. The maximum atomic E-state index is 14.4. The molecule has 0 aromatic heterocycles. The van der Waals surface area contributed by atoms with Gasteiger partial charge in [0.1, 0.15) is 29.5 Å². The van der Waals surface area contributed by atoms with Crippen LogP contribution in [0.3, 0.4) is 0 Å². The predicted octanol–water partition coefficient (Wildman–Crippen LogP) is 1.59. The van der Waals surface area contributed by atoms with Crippen LogP contribution in [-0.2, 0) is 47.0 Å². The molecule has 0 bridgehead atoms. The van der Waals surface area contributed by atoms with Crippen LogP contribution >= 0.6 is 7.75 Å². The van der Waals surface area contributed by atoms with E-state index in [-0.39, 0.29) is 44.9 Å². The first kappa shape index (κ1) is 37.4. The van der Waals surface area contributed by atoms with Gasteiger partial charge in [0.25, 0.3) is 16.1 Å². The van der Waals surface area contributed by atoms with E-state index < -0.39 is 77.2 Å². The number of amides is 4. The Balaban J connectivity index is 1.25. The van der Waals surface area contributed by atoms with Gasteiger partial charge < -0.3 is 24.7 Å². The predicted molar refractivity (Wildman–Crippen MR) is 179 cm³/mol. The third kappa shape index (κ3) is 8.80. The summed E-state index contributed by atoms with van der Waals surface area (Å²) in [5.74, 6) is -3.70. The van der Waals surface area contributed by atoms with Gasteiger partial charge in [-0.2, -0.15) is 17.9 Å². The van der Waals surface area contributed by atoms with Crippen molar-refractivity contribution < 1.29 is 51.1 Å². The quantitative estimate of drug-likeness (QED) is 0.174. The smallest absolute Gasteiger partial charge is 0.429 e. The number of carbonyl (C=O) groups is 4. The molecule has 5 aliphatic rings. The molecule has 1 aromatic carbocycles. The minimum atomic E-state index is -5.03. The molecule has 2 aliphatic carbocycles. The summed E-state index contributed by atoms with van der Waals surface area (Å²) < 4.78 is 63.4. The lowest BCUT2D eigenvalue weighted by atomic mass is 10.1. The van der Waals surface area contributed by atoms with Crippen LogP contribution in [0.25, 0.3) is 0 Å². The van der Waals surface area contributed by atoms with Crippen LogP contribution in [0, 0.1) is 11.7 Å². The zero-order chi connectivity index (χ0) is 36.6. The minimum absolute atomic E-state index is 0.0376. The topological polar surface area (TPSA) is 224 Å². The van der Waals surface area contributed by atoms with Crippen LogP contribution in [-0.4, -0.2) is 88.1 Å². The highest BCUT2D eigenvalue weighted by Gasteiger charge is 2.62. The summed E-state index contributed by atoms with van der Waals surface area (Å²) in [6.45, 7) is -0.226. The highest BCUT2D eigenvalue weighted by Crippen LogP contribution is 2.47. The van der Waals surface area contributed by atoms with Gasteiger partial charge in [-0.1, -0.05) is 50.0 Å². The van der Waals surface area contributed by atoms with E-state index >= 15 is 0 Å². The fourth-order valence-electron chi connectivity index (χ4n) is 7.58. The zero-order valence-electron chi connectivity index (χ0n) is 28.0. The number of allylic oxidation sites excluding steroid dienone is 1. The first-order chi connectivity index (χ1) is 24.1. The minimum Gasteiger partial charge on any atom is -0.444 e. The van der Waals surface area contributed by atoms with Gasteiger partial charge in [0.15, 0.2) is 0 Å². The van der Waals surface area contributed by atoms with Crippen LogP contribution in [0.15, 0.2) is 30.4 Å². The third-order valence-corrected chi connectivity index (χ3v) is 12.1. The molecule has 4 amide bonds. The summed E-state index contributed by atoms with van der Waals surface area (Å²) in [5, 5.41) is 4.28. The average molecular weight is 755 g/mol. The number of rotatable bonds is 7. The van der Waals surface area contributed by atoms with Gasteiger partial charge in [0.05, 0.1) is 13.1 Å². The van der Waals surface area contributed by atoms with Crippen molar-refractivity contribution in [3.8, 4) is 0 Å². The molecule has 1 aromatic rings. The molecule has 3 aliphatic heterocycles. The van der Waals surface area contributed by atoms with E-state index in [0.717, 1.165) is 17.7 Å². The number of hydrogen-bond acceptors (Lipinski definition) is 8. The first-order valence-electron chi connectivity index (χ1n) is 17.3. The number of benzene rings is 1. The molecule has 51 heavy (non-hydrogen) atoms. The Labute approximate surface area is 295 Å². The lowest BCUT2D eigenvalue weighted by molar-refractivity contribution is -0.141. The molecule has 16 nitrogen and oxygen atoms in total. The van der Waals surface area contributed by atoms with Crippen molar-refractivity contribution in [3.63, 3.8) is 0 Å². The molecule has 3 heterocycles. The summed E-state index contributed by atoms with van der Waals surface area (Å²) in [6.07, 6.45) is 7.13. The lowest BCUT2D eigenvalue weighted by Crippen LogP contribution is -2.58. The van der Waals surface area contributed by atoms with Crippen LogP contribution in [0.2, 0.25) is 0 Å². The van der Waals surface area contributed by atoms with E-state index in [2.05, 4.69) is 14.8 Å². The maximum Gasteiger partial charge on any atom is 0.429 e. The lowest BCUT2D eigenvalue weighted by Gasteiger charge is -2.30. The van der Waals surface area contributed by atoms with Crippen molar-refractivity contribution in [2.45, 2.75) is 113 Å². The number of ether oxygens (including phenoxy) is 1. The average Bonchev–Trinajstić information content (AvgIpc) is 3.47. The molecular formula is C32H44FN6O10PS. The van der Waals surface area contributed by atoms with Gasteiger partial charge in [-0.15, -0.1) is 0 Å². The normalized spacial score (nSPS) is 29.6. The molecule has 0 radical (unpaired) electrons. The Kier molecular flexibility index (Phi) is 10.9. The number of nitrogens with zero attached hydrogens (tertiary/aromatic N) is 2. The van der Waals surface area contributed by atoms with Gasteiger partial charge in [-0.05, 0) is 50.2 Å². The fourth-order valence-corrected chi connectivity index (χ4v) is 9.38. The van der Waals surface area contributed by atoms with Crippen molar-refractivity contribution in [1.29, 1.82) is 0 Å². The number of nitrogens with one attached hydrogen (secondary N) is 4. The maximum absolute atomic E-state index is 14.4. The molecule has 280 valence electrons. The number of fused-ring (bicyclic) bond motifs is 3. The van der Waals surface area contributed by atoms with E-state index in [1.165, 1.54) is 17.0 Å². The summed E-state index contributed by atoms with van der Waals surface area (Å²) in [4.78, 5) is 76.2. The van der Waals surface area contributed by atoms with Gasteiger partial charge in [-0.25, -0.2) is 13.8 Å². The molecule has 19 heteroatoms. The second-order valence-electron chi connectivity index (χ2n) is 14.1. The van der Waals surface area contributed by atoms with Crippen molar-refractivity contribution in [2.24, 2.45) is 5.92 Å². The first-order valence-corrected chi connectivity index (χ1v) is 20.4. The second-order valence-corrected chi connectivity index (χ2v) is 16.9. The molecule has 6 rings (SSSR count). The van der Waals surface area contributed by atoms with Crippen LogP contribution in [0.1, 0.15) is 81.8 Å². The molecule has 2 unspecified atom stereocenters. The second kappa shape index (κ2) is 14.9. The Morgan fingerprint density at radius 3 is 2.51 bits per heavy atom. The fraction of sp³-hybridized carbons (Fsp3) is 0.625. The van der Waals surface area contributed by atoms with Gasteiger partial charge in [0.2, 0.25) is 11.8 Å². The highest BCUT2D eigenvalue weighted by atomic mass is 32.2.